The van der Waals surface area contributed by atoms with Gasteiger partial charge in [-0.2, -0.15) is 0 Å². The fourth-order valence-electron chi connectivity index (χ4n) is 4.46. The Morgan fingerprint density at radius 2 is 1.43 bits per heavy atom. The lowest BCUT2D eigenvalue weighted by atomic mass is 9.99. The molecule has 1 atom stereocenters. The van der Waals surface area contributed by atoms with Gasteiger partial charge < -0.3 is 10.1 Å². The lowest BCUT2D eigenvalue weighted by Crippen LogP contribution is -2.44. The van der Waals surface area contributed by atoms with Crippen molar-refractivity contribution in [1.29, 1.82) is 0 Å². The van der Waals surface area contributed by atoms with Gasteiger partial charge in [0.25, 0.3) is 0 Å². The average molecular weight is 379 g/mol. The highest BCUT2D eigenvalue weighted by Crippen LogP contribution is 2.29. The zero-order valence-electron chi connectivity index (χ0n) is 16.4. The van der Waals surface area contributed by atoms with Crippen molar-refractivity contribution in [3.8, 4) is 0 Å². The summed E-state index contributed by atoms with van der Waals surface area (Å²) in [5.74, 6) is 0.0348. The van der Waals surface area contributed by atoms with Gasteiger partial charge in [0, 0.05) is 18.8 Å². The fourth-order valence-corrected chi connectivity index (χ4v) is 4.46. The van der Waals surface area contributed by atoms with E-state index in [4.69, 9.17) is 4.74 Å². The first-order valence-corrected chi connectivity index (χ1v) is 10.6. The second-order valence-corrected chi connectivity index (χ2v) is 7.95. The first kappa shape index (κ1) is 19.2. The molecule has 28 heavy (non-hydrogen) atoms. The molecule has 1 aliphatic carbocycles. The maximum absolute atomic E-state index is 13.2. The molecule has 2 aromatic rings. The molecule has 2 aromatic carbocycles. The Balaban J connectivity index is 1.43. The molecule has 1 saturated carbocycles. The molecule has 0 bridgehead atoms. The van der Waals surface area contributed by atoms with Crippen LogP contribution in [0.3, 0.4) is 0 Å². The van der Waals surface area contributed by atoms with Crippen LogP contribution >= 0.6 is 0 Å². The van der Waals surface area contributed by atoms with Crippen LogP contribution in [0.15, 0.2) is 60.7 Å². The quantitative estimate of drug-likeness (QED) is 0.786. The number of rotatable bonds is 6. The Hall–Kier alpha value is -2.17. The first-order valence-electron chi connectivity index (χ1n) is 10.6. The van der Waals surface area contributed by atoms with Crippen LogP contribution < -0.4 is 5.32 Å². The van der Waals surface area contributed by atoms with E-state index in [9.17, 15) is 4.79 Å². The van der Waals surface area contributed by atoms with Crippen LogP contribution in [0.5, 0.6) is 0 Å². The number of benzene rings is 2. The number of amides is 1. The van der Waals surface area contributed by atoms with E-state index in [1.807, 2.05) is 48.5 Å². The van der Waals surface area contributed by atoms with E-state index in [2.05, 4.69) is 22.3 Å². The second kappa shape index (κ2) is 9.35. The molecule has 1 aliphatic heterocycles. The molecule has 148 valence electrons. The van der Waals surface area contributed by atoms with E-state index in [-0.39, 0.29) is 11.9 Å². The number of para-hydroxylation sites is 1. The third-order valence-electron chi connectivity index (χ3n) is 5.93. The number of nitrogens with one attached hydrogen (secondary N) is 1. The Morgan fingerprint density at radius 3 is 2.07 bits per heavy atom. The van der Waals surface area contributed by atoms with E-state index in [1.54, 1.807) is 0 Å². The predicted octanol–water partition coefficient (Wildman–Crippen LogP) is 4.79. The molecule has 4 rings (SSSR count). The van der Waals surface area contributed by atoms with Crippen molar-refractivity contribution in [3.05, 3.63) is 66.2 Å². The molecule has 4 nitrogen and oxygen atoms in total. The van der Waals surface area contributed by atoms with E-state index >= 15 is 0 Å². The molecule has 0 spiro atoms. The summed E-state index contributed by atoms with van der Waals surface area (Å²) in [5.41, 5.74) is 1.89. The Morgan fingerprint density at radius 1 is 0.857 bits per heavy atom. The number of carbonyl (C=O) groups is 1. The predicted molar refractivity (Wildman–Crippen MR) is 112 cm³/mol. The van der Waals surface area contributed by atoms with E-state index in [1.165, 1.54) is 25.7 Å². The minimum atomic E-state index is -0.270. The average Bonchev–Trinajstić information content (AvgIpc) is 3.24. The number of ether oxygens (including phenoxy) is 1. The smallest absolute Gasteiger partial charge is 0.246 e. The number of hydrogen-bond acceptors (Lipinski definition) is 3. The van der Waals surface area contributed by atoms with Crippen molar-refractivity contribution < 1.29 is 9.53 Å². The zero-order chi connectivity index (χ0) is 19.2. The van der Waals surface area contributed by atoms with Crippen LogP contribution in [-0.4, -0.2) is 36.1 Å². The van der Waals surface area contributed by atoms with Crippen LogP contribution in [-0.2, 0) is 9.53 Å². The number of anilines is 1. The molecular weight excluding hydrogens is 348 g/mol. The maximum atomic E-state index is 13.2. The van der Waals surface area contributed by atoms with Crippen molar-refractivity contribution in [2.45, 2.75) is 56.8 Å². The standard InChI is InChI=1S/C24H30N2O2/c27-24(25-20-11-5-2-6-12-20)23(19-9-3-1-4-10-19)26-17-15-22(16-18-26)28-21-13-7-8-14-21/h1-6,9-12,21-23H,7-8,13-18H2,(H,25,27)/t23-/m1/s1. The van der Waals surface area contributed by atoms with Gasteiger partial charge in [0.1, 0.15) is 6.04 Å². The summed E-state index contributed by atoms with van der Waals surface area (Å²) < 4.78 is 6.31. The summed E-state index contributed by atoms with van der Waals surface area (Å²) in [6.45, 7) is 1.78. The molecule has 0 aromatic heterocycles. The van der Waals surface area contributed by atoms with Gasteiger partial charge in [-0.15, -0.1) is 0 Å². The fraction of sp³-hybridized carbons (Fsp3) is 0.458. The van der Waals surface area contributed by atoms with E-state index in [0.29, 0.717) is 12.2 Å². The highest BCUT2D eigenvalue weighted by atomic mass is 16.5. The molecule has 1 N–H and O–H groups in total. The number of nitrogens with zero attached hydrogens (tertiary/aromatic N) is 1. The highest BCUT2D eigenvalue weighted by Gasteiger charge is 2.32. The van der Waals surface area contributed by atoms with Crippen LogP contribution in [0, 0.1) is 0 Å². The van der Waals surface area contributed by atoms with Crippen LogP contribution in [0.4, 0.5) is 5.69 Å². The first-order chi connectivity index (χ1) is 13.8. The van der Waals surface area contributed by atoms with Gasteiger partial charge in [-0.25, -0.2) is 0 Å². The summed E-state index contributed by atoms with van der Waals surface area (Å²) in [5, 5.41) is 3.10. The molecule has 2 aliphatic rings. The molecule has 1 saturated heterocycles. The van der Waals surface area contributed by atoms with Crippen LogP contribution in [0.2, 0.25) is 0 Å². The molecular formula is C24H30N2O2. The van der Waals surface area contributed by atoms with Gasteiger partial charge in [0.2, 0.25) is 5.91 Å². The van der Waals surface area contributed by atoms with Gasteiger partial charge in [-0.05, 0) is 43.4 Å². The van der Waals surface area contributed by atoms with Crippen molar-refractivity contribution in [2.75, 3.05) is 18.4 Å². The van der Waals surface area contributed by atoms with Gasteiger partial charge in [0.15, 0.2) is 0 Å². The molecule has 0 radical (unpaired) electrons. The van der Waals surface area contributed by atoms with E-state index in [0.717, 1.165) is 37.2 Å². The summed E-state index contributed by atoms with van der Waals surface area (Å²) >= 11 is 0. The SMILES string of the molecule is O=C(Nc1ccccc1)[C@@H](c1ccccc1)N1CCC(OC2CCCC2)CC1. The summed E-state index contributed by atoms with van der Waals surface area (Å²) in [7, 11) is 0. The normalized spacial score (nSPS) is 20.1. The topological polar surface area (TPSA) is 41.6 Å². The van der Waals surface area contributed by atoms with Gasteiger partial charge in [0.05, 0.1) is 12.2 Å². The van der Waals surface area contributed by atoms with Crippen molar-refractivity contribution >= 4 is 11.6 Å². The molecule has 4 heteroatoms. The molecule has 2 fully saturated rings. The largest absolute Gasteiger partial charge is 0.375 e. The number of carbonyl (C=O) groups excluding carboxylic acids is 1. The third-order valence-corrected chi connectivity index (χ3v) is 5.93. The highest BCUT2D eigenvalue weighted by molar-refractivity contribution is 5.95. The number of likely N-dealkylation sites (tertiary alicyclic amines) is 1. The minimum Gasteiger partial charge on any atom is -0.375 e. The van der Waals surface area contributed by atoms with Gasteiger partial charge >= 0.3 is 0 Å². The molecule has 0 unspecified atom stereocenters. The third kappa shape index (κ3) is 4.81. The summed E-state index contributed by atoms with van der Waals surface area (Å²) in [6, 6.07) is 19.6. The summed E-state index contributed by atoms with van der Waals surface area (Å²) in [6.07, 6.45) is 7.84. The second-order valence-electron chi connectivity index (χ2n) is 7.95. The van der Waals surface area contributed by atoms with Crippen molar-refractivity contribution in [2.24, 2.45) is 0 Å². The van der Waals surface area contributed by atoms with Gasteiger partial charge in [-0.1, -0.05) is 61.4 Å². The van der Waals surface area contributed by atoms with Crippen molar-refractivity contribution in [1.82, 2.24) is 4.90 Å². The summed E-state index contributed by atoms with van der Waals surface area (Å²) in [4.78, 5) is 15.5. The Kier molecular flexibility index (Phi) is 6.40. The molecule has 1 amide bonds. The lowest BCUT2D eigenvalue weighted by molar-refractivity contribution is -0.123. The molecule has 1 heterocycles. The minimum absolute atomic E-state index is 0.0348. The monoisotopic (exact) mass is 378 g/mol. The number of piperidine rings is 1. The Labute approximate surface area is 167 Å². The van der Waals surface area contributed by atoms with Crippen LogP contribution in [0.1, 0.15) is 50.1 Å². The zero-order valence-corrected chi connectivity index (χ0v) is 16.4. The van der Waals surface area contributed by atoms with Gasteiger partial charge in [-0.3, -0.25) is 9.69 Å². The lowest BCUT2D eigenvalue weighted by Gasteiger charge is -2.37. The van der Waals surface area contributed by atoms with Crippen molar-refractivity contribution in [3.63, 3.8) is 0 Å². The van der Waals surface area contributed by atoms with Crippen LogP contribution in [0.25, 0.3) is 0 Å². The van der Waals surface area contributed by atoms with E-state index < -0.39 is 0 Å². The number of hydrogen-bond donors (Lipinski definition) is 1. The maximum Gasteiger partial charge on any atom is 0.246 e. The Bertz CT molecular complexity index is 736.